The molecule has 1 saturated carbocycles. The maximum atomic E-state index is 13.4. The van der Waals surface area contributed by atoms with Gasteiger partial charge in [-0.2, -0.15) is 5.26 Å². The molecule has 0 spiro atoms. The van der Waals surface area contributed by atoms with Crippen molar-refractivity contribution in [3.8, 4) is 6.07 Å². The minimum absolute atomic E-state index is 0.113. The highest BCUT2D eigenvalue weighted by molar-refractivity contribution is 5.97. The van der Waals surface area contributed by atoms with Crippen molar-refractivity contribution < 1.29 is 14.4 Å². The number of carbonyl (C=O) groups is 3. The van der Waals surface area contributed by atoms with Crippen LogP contribution < -0.4 is 16.0 Å². The molecule has 34 heavy (non-hydrogen) atoms. The molecular formula is C26H37N5O3. The zero-order chi connectivity index (χ0) is 24.6. The van der Waals surface area contributed by atoms with Gasteiger partial charge in [-0.25, -0.2) is 0 Å². The Balaban J connectivity index is 1.69. The lowest BCUT2D eigenvalue weighted by molar-refractivity contribution is -0.125. The monoisotopic (exact) mass is 467 g/mol. The maximum absolute atomic E-state index is 13.4. The fourth-order valence-corrected chi connectivity index (χ4v) is 4.82. The van der Waals surface area contributed by atoms with Crippen molar-refractivity contribution in [1.29, 1.82) is 5.26 Å². The van der Waals surface area contributed by atoms with Gasteiger partial charge in [-0.15, -0.1) is 0 Å². The van der Waals surface area contributed by atoms with Gasteiger partial charge in [0.05, 0.1) is 6.07 Å². The van der Waals surface area contributed by atoms with Crippen LogP contribution in [0.1, 0.15) is 74.2 Å². The van der Waals surface area contributed by atoms with Crippen LogP contribution in [-0.4, -0.2) is 54.3 Å². The minimum atomic E-state index is -0.884. The van der Waals surface area contributed by atoms with E-state index in [1.807, 2.05) is 7.05 Å². The average molecular weight is 468 g/mol. The topological polar surface area (TPSA) is 114 Å². The van der Waals surface area contributed by atoms with Crippen molar-refractivity contribution in [3.05, 3.63) is 35.4 Å². The van der Waals surface area contributed by atoms with Gasteiger partial charge in [-0.3, -0.25) is 14.4 Å². The highest BCUT2D eigenvalue weighted by atomic mass is 16.2. The third kappa shape index (κ3) is 7.29. The van der Waals surface area contributed by atoms with Gasteiger partial charge in [0.1, 0.15) is 11.6 Å². The number of nitrogens with zero attached hydrogens (tertiary/aromatic N) is 2. The fraction of sp³-hybridized carbons (Fsp3) is 0.615. The predicted octanol–water partition coefficient (Wildman–Crippen LogP) is 2.50. The summed E-state index contributed by atoms with van der Waals surface area (Å²) in [5.74, 6) is -0.303. The predicted molar refractivity (Wildman–Crippen MR) is 130 cm³/mol. The molecule has 184 valence electrons. The van der Waals surface area contributed by atoms with Crippen LogP contribution in [-0.2, 0) is 16.1 Å². The molecule has 2 fully saturated rings. The van der Waals surface area contributed by atoms with Crippen LogP contribution in [0.2, 0.25) is 0 Å². The number of hydrogen-bond acceptors (Lipinski definition) is 5. The van der Waals surface area contributed by atoms with Crippen molar-refractivity contribution in [2.75, 3.05) is 20.1 Å². The summed E-state index contributed by atoms with van der Waals surface area (Å²) >= 11 is 0. The Morgan fingerprint density at radius 3 is 2.35 bits per heavy atom. The highest BCUT2D eigenvalue weighted by Crippen LogP contribution is 2.28. The summed E-state index contributed by atoms with van der Waals surface area (Å²) in [5.41, 5.74) is 0.466. The van der Waals surface area contributed by atoms with E-state index >= 15 is 0 Å². The molecule has 3 amide bonds. The lowest BCUT2D eigenvalue weighted by Gasteiger charge is -2.37. The highest BCUT2D eigenvalue weighted by Gasteiger charge is 2.38. The molecule has 1 atom stereocenters. The summed E-state index contributed by atoms with van der Waals surface area (Å²) in [4.78, 5) is 39.7. The van der Waals surface area contributed by atoms with Crippen LogP contribution in [0.25, 0.3) is 0 Å². The molecular weight excluding hydrogens is 430 g/mol. The van der Waals surface area contributed by atoms with Gasteiger partial charge >= 0.3 is 0 Å². The van der Waals surface area contributed by atoms with Crippen LogP contribution in [0.4, 0.5) is 0 Å². The SMILES string of the molecule is CC(=O)NCc1ccc(C(=O)NC(CC2CCCCC2)C(=O)NC2(C#N)CCN(C)CC2)cc1. The summed E-state index contributed by atoms with van der Waals surface area (Å²) in [5, 5.41) is 18.5. The molecule has 0 bridgehead atoms. The number of likely N-dealkylation sites (tertiary alicyclic amines) is 1. The molecule has 0 aromatic heterocycles. The number of carbonyl (C=O) groups excluding carboxylic acids is 3. The molecule has 8 nitrogen and oxygen atoms in total. The van der Waals surface area contributed by atoms with E-state index in [2.05, 4.69) is 26.9 Å². The van der Waals surface area contributed by atoms with Gasteiger partial charge < -0.3 is 20.9 Å². The number of nitrogens with one attached hydrogen (secondary N) is 3. The van der Waals surface area contributed by atoms with Crippen LogP contribution in [0, 0.1) is 17.2 Å². The Kier molecular flexibility index (Phi) is 9.05. The van der Waals surface area contributed by atoms with Crippen molar-refractivity contribution in [3.63, 3.8) is 0 Å². The lowest BCUT2D eigenvalue weighted by Crippen LogP contribution is -2.58. The first-order valence-corrected chi connectivity index (χ1v) is 12.4. The lowest BCUT2D eigenvalue weighted by atomic mass is 9.84. The van der Waals surface area contributed by atoms with Gasteiger partial charge in [-0.1, -0.05) is 44.2 Å². The molecule has 2 aliphatic rings. The molecule has 8 heteroatoms. The Labute approximate surface area is 202 Å². The summed E-state index contributed by atoms with van der Waals surface area (Å²) in [6.07, 6.45) is 7.37. The third-order valence-corrected chi connectivity index (χ3v) is 7.09. The Morgan fingerprint density at radius 2 is 1.76 bits per heavy atom. The summed E-state index contributed by atoms with van der Waals surface area (Å²) in [7, 11) is 2.01. The van der Waals surface area contributed by atoms with E-state index in [0.717, 1.165) is 44.3 Å². The molecule has 3 rings (SSSR count). The van der Waals surface area contributed by atoms with Crippen molar-refractivity contribution in [2.24, 2.45) is 5.92 Å². The largest absolute Gasteiger partial charge is 0.352 e. The fourth-order valence-electron chi connectivity index (χ4n) is 4.82. The summed E-state index contributed by atoms with van der Waals surface area (Å²) in [6, 6.07) is 8.66. The summed E-state index contributed by atoms with van der Waals surface area (Å²) < 4.78 is 0. The summed E-state index contributed by atoms with van der Waals surface area (Å²) in [6.45, 7) is 3.35. The molecule has 1 aromatic carbocycles. The Morgan fingerprint density at radius 1 is 1.12 bits per heavy atom. The van der Waals surface area contributed by atoms with E-state index in [0.29, 0.717) is 37.3 Å². The third-order valence-electron chi connectivity index (χ3n) is 7.09. The maximum Gasteiger partial charge on any atom is 0.251 e. The zero-order valence-corrected chi connectivity index (χ0v) is 20.4. The molecule has 0 radical (unpaired) electrons. The second-order valence-electron chi connectivity index (χ2n) is 9.86. The molecule has 1 heterocycles. The smallest absolute Gasteiger partial charge is 0.251 e. The second kappa shape index (κ2) is 12.0. The van der Waals surface area contributed by atoms with E-state index in [1.54, 1.807) is 24.3 Å². The zero-order valence-electron chi connectivity index (χ0n) is 20.4. The van der Waals surface area contributed by atoms with Crippen molar-refractivity contribution in [2.45, 2.75) is 76.4 Å². The van der Waals surface area contributed by atoms with E-state index in [9.17, 15) is 19.6 Å². The van der Waals surface area contributed by atoms with Crippen molar-refractivity contribution >= 4 is 17.7 Å². The average Bonchev–Trinajstić information content (AvgIpc) is 2.84. The van der Waals surface area contributed by atoms with Gasteiger partial charge in [-0.05, 0) is 49.9 Å². The van der Waals surface area contributed by atoms with E-state index < -0.39 is 11.6 Å². The molecule has 1 saturated heterocycles. The van der Waals surface area contributed by atoms with Crippen molar-refractivity contribution in [1.82, 2.24) is 20.9 Å². The van der Waals surface area contributed by atoms with Crippen LogP contribution in [0.15, 0.2) is 24.3 Å². The Bertz CT molecular complexity index is 894. The standard InChI is InChI=1S/C26H37N5O3/c1-19(32)28-17-21-8-10-22(11-9-21)24(33)29-23(16-20-6-4-3-5-7-20)25(34)30-26(18-27)12-14-31(2)15-13-26/h8-11,20,23H,3-7,12-17H2,1-2H3,(H,28,32)(H,29,33)(H,30,34). The molecule has 3 N–H and O–H groups in total. The van der Waals surface area contributed by atoms with E-state index in [4.69, 9.17) is 0 Å². The first-order valence-electron chi connectivity index (χ1n) is 12.4. The quantitative estimate of drug-likeness (QED) is 0.544. The molecule has 1 aliphatic carbocycles. The van der Waals surface area contributed by atoms with Crippen LogP contribution in [0.5, 0.6) is 0 Å². The van der Waals surface area contributed by atoms with Gasteiger partial charge in [0.25, 0.3) is 5.91 Å². The molecule has 1 aromatic rings. The van der Waals surface area contributed by atoms with Gasteiger partial charge in [0.15, 0.2) is 0 Å². The number of rotatable bonds is 8. The normalized spacial score (nSPS) is 19.4. The van der Waals surface area contributed by atoms with Gasteiger partial charge in [0.2, 0.25) is 11.8 Å². The first kappa shape index (κ1) is 25.7. The second-order valence-corrected chi connectivity index (χ2v) is 9.86. The van der Waals surface area contributed by atoms with Crippen LogP contribution >= 0.6 is 0 Å². The van der Waals surface area contributed by atoms with E-state index in [-0.39, 0.29) is 17.7 Å². The number of piperidine rings is 1. The number of hydrogen-bond donors (Lipinski definition) is 3. The minimum Gasteiger partial charge on any atom is -0.352 e. The Hall–Kier alpha value is -2.92. The number of amides is 3. The number of benzene rings is 1. The van der Waals surface area contributed by atoms with Gasteiger partial charge in [0, 0.05) is 32.1 Å². The first-order chi connectivity index (χ1) is 16.3. The number of nitriles is 1. The molecule has 1 aliphatic heterocycles. The van der Waals surface area contributed by atoms with E-state index in [1.165, 1.54) is 13.3 Å². The molecule has 1 unspecified atom stereocenters. The van der Waals surface area contributed by atoms with Crippen LogP contribution in [0.3, 0.4) is 0 Å².